The van der Waals surface area contributed by atoms with E-state index in [0.29, 0.717) is 12.8 Å². The van der Waals surface area contributed by atoms with Crippen LogP contribution in [-0.2, 0) is 4.79 Å². The van der Waals surface area contributed by atoms with Crippen LogP contribution in [0.3, 0.4) is 0 Å². The number of amides is 1. The van der Waals surface area contributed by atoms with E-state index in [0.717, 1.165) is 12.0 Å². The van der Waals surface area contributed by atoms with Gasteiger partial charge < -0.3 is 10.6 Å². The van der Waals surface area contributed by atoms with E-state index < -0.39 is 10.5 Å². The third kappa shape index (κ3) is 2.51. The first kappa shape index (κ1) is 14.5. The van der Waals surface area contributed by atoms with Crippen molar-refractivity contribution in [2.45, 2.75) is 37.8 Å². The fourth-order valence-corrected chi connectivity index (χ4v) is 2.42. The number of likely N-dealkylation sites (N-methyl/N-ethyl adjacent to an activating group) is 1. The van der Waals surface area contributed by atoms with Gasteiger partial charge in [-0.05, 0) is 31.7 Å². The SMILES string of the molecule is CC(c1cccc([N+](=O)[O-])c1)N(C)C(=O)C1(N)CCC1. The van der Waals surface area contributed by atoms with Crippen LogP contribution in [0, 0.1) is 10.1 Å². The average molecular weight is 277 g/mol. The molecule has 0 aliphatic heterocycles. The minimum atomic E-state index is -0.746. The topological polar surface area (TPSA) is 89.5 Å². The van der Waals surface area contributed by atoms with Crippen LogP contribution < -0.4 is 5.73 Å². The number of hydrogen-bond donors (Lipinski definition) is 1. The number of nitro groups is 1. The second-order valence-corrected chi connectivity index (χ2v) is 5.45. The van der Waals surface area contributed by atoms with Crippen LogP contribution in [0.15, 0.2) is 24.3 Å². The third-order valence-electron chi connectivity index (χ3n) is 4.14. The number of carbonyl (C=O) groups excluding carboxylic acids is 1. The summed E-state index contributed by atoms with van der Waals surface area (Å²) in [5, 5.41) is 10.8. The molecule has 1 aliphatic carbocycles. The van der Waals surface area contributed by atoms with Crippen LogP contribution in [0.1, 0.15) is 37.8 Å². The van der Waals surface area contributed by atoms with Crippen LogP contribution >= 0.6 is 0 Å². The average Bonchev–Trinajstić information content (AvgIpc) is 2.42. The van der Waals surface area contributed by atoms with E-state index in [9.17, 15) is 14.9 Å². The lowest BCUT2D eigenvalue weighted by atomic mass is 9.76. The molecule has 1 aromatic carbocycles. The first-order valence-corrected chi connectivity index (χ1v) is 6.66. The smallest absolute Gasteiger partial charge is 0.269 e. The summed E-state index contributed by atoms with van der Waals surface area (Å²) in [6.45, 7) is 1.85. The normalized spacial score (nSPS) is 17.9. The van der Waals surface area contributed by atoms with Gasteiger partial charge in [0.05, 0.1) is 16.5 Å². The third-order valence-corrected chi connectivity index (χ3v) is 4.14. The number of nitrogens with two attached hydrogens (primary N) is 1. The monoisotopic (exact) mass is 277 g/mol. The molecule has 1 unspecified atom stereocenters. The second kappa shape index (κ2) is 5.20. The molecule has 0 aromatic heterocycles. The molecule has 0 saturated heterocycles. The zero-order chi connectivity index (χ0) is 14.9. The van der Waals surface area contributed by atoms with Crippen molar-refractivity contribution in [1.29, 1.82) is 0 Å². The van der Waals surface area contributed by atoms with Crippen LogP contribution in [0.25, 0.3) is 0 Å². The van der Waals surface area contributed by atoms with Crippen molar-refractivity contribution in [3.63, 3.8) is 0 Å². The van der Waals surface area contributed by atoms with Gasteiger partial charge in [-0.15, -0.1) is 0 Å². The number of hydrogen-bond acceptors (Lipinski definition) is 4. The molecule has 0 spiro atoms. The van der Waals surface area contributed by atoms with E-state index in [1.54, 1.807) is 24.1 Å². The summed E-state index contributed by atoms with van der Waals surface area (Å²) in [5.74, 6) is -0.0947. The molecule has 2 N–H and O–H groups in total. The highest BCUT2D eigenvalue weighted by molar-refractivity contribution is 5.87. The molecule has 6 heteroatoms. The van der Waals surface area contributed by atoms with Gasteiger partial charge in [0.15, 0.2) is 0 Å². The predicted octanol–water partition coefficient (Wildman–Crippen LogP) is 2.00. The summed E-state index contributed by atoms with van der Waals surface area (Å²) >= 11 is 0. The van der Waals surface area contributed by atoms with Gasteiger partial charge in [-0.25, -0.2) is 0 Å². The van der Waals surface area contributed by atoms with E-state index in [4.69, 9.17) is 5.73 Å². The number of non-ortho nitro benzene ring substituents is 1. The Morgan fingerprint density at radius 2 is 2.15 bits per heavy atom. The lowest BCUT2D eigenvalue weighted by Gasteiger charge is -2.41. The van der Waals surface area contributed by atoms with Crippen molar-refractivity contribution in [3.05, 3.63) is 39.9 Å². The van der Waals surface area contributed by atoms with Crippen LogP contribution in [0.2, 0.25) is 0 Å². The van der Waals surface area contributed by atoms with Crippen LogP contribution in [0.4, 0.5) is 5.69 Å². The minimum Gasteiger partial charge on any atom is -0.337 e. The number of nitrogens with zero attached hydrogens (tertiary/aromatic N) is 2. The van der Waals surface area contributed by atoms with Crippen molar-refractivity contribution in [2.75, 3.05) is 7.05 Å². The quantitative estimate of drug-likeness (QED) is 0.673. The van der Waals surface area contributed by atoms with Gasteiger partial charge in [-0.2, -0.15) is 0 Å². The highest BCUT2D eigenvalue weighted by Gasteiger charge is 2.42. The maximum atomic E-state index is 12.3. The Morgan fingerprint density at radius 1 is 1.50 bits per heavy atom. The Kier molecular flexibility index (Phi) is 3.76. The van der Waals surface area contributed by atoms with Crippen LogP contribution in [-0.4, -0.2) is 28.3 Å². The number of carbonyl (C=O) groups is 1. The molecule has 6 nitrogen and oxygen atoms in total. The molecular formula is C14H19N3O3. The lowest BCUT2D eigenvalue weighted by Crippen LogP contribution is -2.59. The Hall–Kier alpha value is -1.95. The highest BCUT2D eigenvalue weighted by Crippen LogP contribution is 2.33. The molecule has 1 amide bonds. The van der Waals surface area contributed by atoms with Crippen LogP contribution in [0.5, 0.6) is 0 Å². The van der Waals surface area contributed by atoms with Crippen molar-refractivity contribution >= 4 is 11.6 Å². The van der Waals surface area contributed by atoms with E-state index >= 15 is 0 Å². The summed E-state index contributed by atoms with van der Waals surface area (Å²) in [7, 11) is 1.69. The minimum absolute atomic E-state index is 0.0290. The molecule has 20 heavy (non-hydrogen) atoms. The molecule has 2 rings (SSSR count). The Morgan fingerprint density at radius 3 is 2.65 bits per heavy atom. The maximum absolute atomic E-state index is 12.3. The number of benzene rings is 1. The van der Waals surface area contributed by atoms with Gasteiger partial charge in [0.25, 0.3) is 5.69 Å². The summed E-state index contributed by atoms with van der Waals surface area (Å²) in [6, 6.07) is 6.10. The van der Waals surface area contributed by atoms with Gasteiger partial charge in [-0.3, -0.25) is 14.9 Å². The van der Waals surface area contributed by atoms with E-state index in [-0.39, 0.29) is 17.6 Å². The second-order valence-electron chi connectivity index (χ2n) is 5.45. The van der Waals surface area contributed by atoms with Gasteiger partial charge in [0, 0.05) is 19.2 Å². The largest absolute Gasteiger partial charge is 0.337 e. The molecule has 1 saturated carbocycles. The maximum Gasteiger partial charge on any atom is 0.269 e. The number of nitro benzene ring substituents is 1. The molecular weight excluding hydrogens is 258 g/mol. The van der Waals surface area contributed by atoms with Crippen molar-refractivity contribution < 1.29 is 9.72 Å². The fourth-order valence-electron chi connectivity index (χ4n) is 2.42. The Bertz CT molecular complexity index is 540. The Balaban J connectivity index is 2.18. The zero-order valence-electron chi connectivity index (χ0n) is 11.7. The standard InChI is InChI=1S/C14H19N3O3/c1-10(11-5-3-6-12(9-11)17(19)20)16(2)13(18)14(15)7-4-8-14/h3,5-6,9-10H,4,7-8,15H2,1-2H3. The van der Waals surface area contributed by atoms with Gasteiger partial charge in [0.1, 0.15) is 0 Å². The first-order chi connectivity index (χ1) is 9.35. The highest BCUT2D eigenvalue weighted by atomic mass is 16.6. The summed E-state index contributed by atoms with van der Waals surface area (Å²) < 4.78 is 0. The summed E-state index contributed by atoms with van der Waals surface area (Å²) in [6.07, 6.45) is 2.39. The molecule has 108 valence electrons. The molecule has 0 radical (unpaired) electrons. The molecule has 1 fully saturated rings. The van der Waals surface area contributed by atoms with E-state index in [2.05, 4.69) is 0 Å². The zero-order valence-corrected chi connectivity index (χ0v) is 11.7. The van der Waals surface area contributed by atoms with Crippen molar-refractivity contribution in [2.24, 2.45) is 5.73 Å². The van der Waals surface area contributed by atoms with E-state index in [1.807, 2.05) is 6.92 Å². The Labute approximate surface area is 117 Å². The molecule has 1 atom stereocenters. The predicted molar refractivity (Wildman–Crippen MR) is 75.1 cm³/mol. The van der Waals surface area contributed by atoms with Crippen molar-refractivity contribution in [1.82, 2.24) is 4.90 Å². The number of rotatable bonds is 4. The molecule has 0 bridgehead atoms. The van der Waals surface area contributed by atoms with Gasteiger partial charge in [-0.1, -0.05) is 12.1 Å². The first-order valence-electron chi connectivity index (χ1n) is 6.66. The molecule has 1 aromatic rings. The molecule has 1 aliphatic rings. The van der Waals surface area contributed by atoms with Gasteiger partial charge in [0.2, 0.25) is 5.91 Å². The summed E-state index contributed by atoms with van der Waals surface area (Å²) in [5.41, 5.74) is 6.06. The van der Waals surface area contributed by atoms with Crippen molar-refractivity contribution in [3.8, 4) is 0 Å². The van der Waals surface area contributed by atoms with E-state index in [1.165, 1.54) is 12.1 Å². The lowest BCUT2D eigenvalue weighted by molar-refractivity contribution is -0.384. The fraction of sp³-hybridized carbons (Fsp3) is 0.500. The summed E-state index contributed by atoms with van der Waals surface area (Å²) in [4.78, 5) is 24.3. The molecule has 0 heterocycles. The van der Waals surface area contributed by atoms with Gasteiger partial charge >= 0.3 is 0 Å².